The summed E-state index contributed by atoms with van der Waals surface area (Å²) < 4.78 is 0. The first-order valence-corrected chi connectivity index (χ1v) is 7.83. The third kappa shape index (κ3) is 3.87. The van der Waals surface area contributed by atoms with Crippen LogP contribution < -0.4 is 5.32 Å². The molecule has 1 N–H and O–H groups in total. The number of hydrogen-bond acceptors (Lipinski definition) is 3. The smallest absolute Gasteiger partial charge is 0.145 e. The third-order valence-corrected chi connectivity index (χ3v) is 3.94. The quantitative estimate of drug-likeness (QED) is 0.907. The summed E-state index contributed by atoms with van der Waals surface area (Å²) in [5.74, 6) is 0. The molecule has 0 aliphatic carbocycles. The van der Waals surface area contributed by atoms with Crippen molar-refractivity contribution in [3.8, 4) is 0 Å². The van der Waals surface area contributed by atoms with Gasteiger partial charge in [-0.3, -0.25) is 0 Å². The Morgan fingerprint density at radius 1 is 1.23 bits per heavy atom. The second kappa shape index (κ2) is 6.95. The van der Waals surface area contributed by atoms with Crippen LogP contribution in [0, 0.1) is 6.92 Å². The van der Waals surface area contributed by atoms with Gasteiger partial charge in [0.05, 0.1) is 5.71 Å². The average Bonchev–Trinajstić information content (AvgIpc) is 2.97. The van der Waals surface area contributed by atoms with E-state index in [9.17, 15) is 0 Å². The normalized spacial score (nSPS) is 17.2. The Morgan fingerprint density at radius 3 is 2.82 bits per heavy atom. The standard InChI is InChI=1S/C18H19ClN2O/c1-13-5-7-15(8-6-13)18-10-17(22-21-18)12-20-11-14-3-2-4-16(19)9-14/h2-9,17,20H,10-12H2,1H3/t17-/m0/s1. The largest absolute Gasteiger partial charge is 0.390 e. The summed E-state index contributed by atoms with van der Waals surface area (Å²) in [7, 11) is 0. The lowest BCUT2D eigenvalue weighted by Crippen LogP contribution is -2.26. The van der Waals surface area contributed by atoms with Gasteiger partial charge in [-0.15, -0.1) is 0 Å². The highest BCUT2D eigenvalue weighted by atomic mass is 35.5. The van der Waals surface area contributed by atoms with Gasteiger partial charge in [0.25, 0.3) is 0 Å². The maximum Gasteiger partial charge on any atom is 0.145 e. The van der Waals surface area contributed by atoms with Crippen LogP contribution in [-0.2, 0) is 11.4 Å². The lowest BCUT2D eigenvalue weighted by atomic mass is 10.0. The van der Waals surface area contributed by atoms with E-state index in [-0.39, 0.29) is 6.10 Å². The molecule has 22 heavy (non-hydrogen) atoms. The van der Waals surface area contributed by atoms with Crippen LogP contribution in [0.25, 0.3) is 0 Å². The van der Waals surface area contributed by atoms with E-state index >= 15 is 0 Å². The minimum Gasteiger partial charge on any atom is -0.390 e. The molecule has 1 heterocycles. The molecule has 1 atom stereocenters. The van der Waals surface area contributed by atoms with Gasteiger partial charge in [-0.2, -0.15) is 0 Å². The van der Waals surface area contributed by atoms with Crippen LogP contribution in [0.15, 0.2) is 53.7 Å². The Kier molecular flexibility index (Phi) is 4.76. The number of aryl methyl sites for hydroxylation is 1. The fraction of sp³-hybridized carbons (Fsp3) is 0.278. The van der Waals surface area contributed by atoms with Crippen LogP contribution in [0.5, 0.6) is 0 Å². The van der Waals surface area contributed by atoms with E-state index in [4.69, 9.17) is 16.4 Å². The Balaban J connectivity index is 1.47. The molecule has 0 saturated carbocycles. The maximum absolute atomic E-state index is 5.98. The number of nitrogens with one attached hydrogen (secondary N) is 1. The second-order valence-electron chi connectivity index (χ2n) is 5.60. The predicted octanol–water partition coefficient (Wildman–Crippen LogP) is 3.93. The SMILES string of the molecule is Cc1ccc(C2=NO[C@H](CNCc3cccc(Cl)c3)C2)cc1. The number of halogens is 1. The van der Waals surface area contributed by atoms with Gasteiger partial charge in [-0.1, -0.05) is 58.7 Å². The van der Waals surface area contributed by atoms with E-state index in [1.54, 1.807) is 0 Å². The molecule has 0 aromatic heterocycles. The highest BCUT2D eigenvalue weighted by molar-refractivity contribution is 6.30. The molecule has 0 amide bonds. The van der Waals surface area contributed by atoms with Gasteiger partial charge in [-0.25, -0.2) is 0 Å². The molecule has 0 radical (unpaired) electrons. The molecule has 0 unspecified atom stereocenters. The van der Waals surface area contributed by atoms with Crippen LogP contribution in [0.4, 0.5) is 0 Å². The summed E-state index contributed by atoms with van der Waals surface area (Å²) >= 11 is 5.98. The fourth-order valence-corrected chi connectivity index (χ4v) is 2.69. The van der Waals surface area contributed by atoms with Crippen molar-refractivity contribution < 1.29 is 4.84 Å². The molecule has 0 saturated heterocycles. The van der Waals surface area contributed by atoms with Crippen LogP contribution in [0.2, 0.25) is 5.02 Å². The summed E-state index contributed by atoms with van der Waals surface area (Å²) in [6.07, 6.45) is 0.932. The summed E-state index contributed by atoms with van der Waals surface area (Å²) in [5.41, 5.74) is 4.59. The van der Waals surface area contributed by atoms with Crippen LogP contribution >= 0.6 is 11.6 Å². The van der Waals surface area contributed by atoms with E-state index in [2.05, 4.69) is 47.7 Å². The van der Waals surface area contributed by atoms with E-state index in [0.717, 1.165) is 35.8 Å². The number of oxime groups is 1. The number of rotatable bonds is 5. The monoisotopic (exact) mass is 314 g/mol. The zero-order valence-electron chi connectivity index (χ0n) is 12.6. The van der Waals surface area contributed by atoms with Gasteiger partial charge >= 0.3 is 0 Å². The molecular weight excluding hydrogens is 296 g/mol. The van der Waals surface area contributed by atoms with Crippen molar-refractivity contribution in [1.82, 2.24) is 5.32 Å². The molecule has 0 bridgehead atoms. The fourth-order valence-electron chi connectivity index (χ4n) is 2.48. The highest BCUT2D eigenvalue weighted by Gasteiger charge is 2.21. The molecule has 0 fully saturated rings. The first-order chi connectivity index (χ1) is 10.7. The lowest BCUT2D eigenvalue weighted by molar-refractivity contribution is 0.0848. The van der Waals surface area contributed by atoms with Gasteiger partial charge < -0.3 is 10.2 Å². The summed E-state index contributed by atoms with van der Waals surface area (Å²) in [4.78, 5) is 5.51. The molecule has 3 rings (SSSR count). The highest BCUT2D eigenvalue weighted by Crippen LogP contribution is 2.17. The molecule has 2 aromatic carbocycles. The van der Waals surface area contributed by atoms with E-state index in [1.807, 2.05) is 18.2 Å². The molecule has 4 heteroatoms. The maximum atomic E-state index is 5.98. The Bertz CT molecular complexity index is 667. The van der Waals surface area contributed by atoms with Crippen molar-refractivity contribution in [3.63, 3.8) is 0 Å². The van der Waals surface area contributed by atoms with Gasteiger partial charge in [0.15, 0.2) is 0 Å². The van der Waals surface area contributed by atoms with Crippen molar-refractivity contribution in [2.24, 2.45) is 5.16 Å². The van der Waals surface area contributed by atoms with Crippen molar-refractivity contribution in [2.45, 2.75) is 26.0 Å². The Labute approximate surface area is 135 Å². The molecule has 1 aliphatic rings. The van der Waals surface area contributed by atoms with E-state index in [1.165, 1.54) is 11.1 Å². The van der Waals surface area contributed by atoms with Gasteiger partial charge in [0.1, 0.15) is 6.10 Å². The van der Waals surface area contributed by atoms with Crippen molar-refractivity contribution >= 4 is 17.3 Å². The molecule has 3 nitrogen and oxygen atoms in total. The third-order valence-electron chi connectivity index (χ3n) is 3.71. The second-order valence-corrected chi connectivity index (χ2v) is 6.03. The summed E-state index contributed by atoms with van der Waals surface area (Å²) in [5, 5.41) is 8.37. The van der Waals surface area contributed by atoms with Gasteiger partial charge in [0, 0.05) is 24.5 Å². The minimum atomic E-state index is 0.0930. The number of benzene rings is 2. The van der Waals surface area contributed by atoms with Gasteiger partial charge in [-0.05, 0) is 30.2 Å². The number of hydrogen-bond donors (Lipinski definition) is 1. The van der Waals surface area contributed by atoms with Crippen LogP contribution in [-0.4, -0.2) is 18.4 Å². The minimum absolute atomic E-state index is 0.0930. The van der Waals surface area contributed by atoms with Crippen LogP contribution in [0.1, 0.15) is 23.1 Å². The van der Waals surface area contributed by atoms with E-state index < -0.39 is 0 Å². The van der Waals surface area contributed by atoms with E-state index in [0.29, 0.717) is 0 Å². The zero-order valence-corrected chi connectivity index (χ0v) is 13.3. The average molecular weight is 315 g/mol. The topological polar surface area (TPSA) is 33.6 Å². The molecule has 1 aliphatic heterocycles. The predicted molar refractivity (Wildman–Crippen MR) is 90.4 cm³/mol. The molecule has 0 spiro atoms. The number of nitrogens with zero attached hydrogens (tertiary/aromatic N) is 1. The van der Waals surface area contributed by atoms with Crippen molar-refractivity contribution in [3.05, 3.63) is 70.2 Å². The molecule has 2 aromatic rings. The summed E-state index contributed by atoms with van der Waals surface area (Å²) in [6, 6.07) is 16.3. The lowest BCUT2D eigenvalue weighted by Gasteiger charge is -2.10. The molecular formula is C18H19ClN2O. The Morgan fingerprint density at radius 2 is 2.05 bits per heavy atom. The molecule has 114 valence electrons. The first kappa shape index (κ1) is 15.1. The zero-order chi connectivity index (χ0) is 15.4. The van der Waals surface area contributed by atoms with Crippen molar-refractivity contribution in [1.29, 1.82) is 0 Å². The van der Waals surface area contributed by atoms with Crippen LogP contribution in [0.3, 0.4) is 0 Å². The van der Waals surface area contributed by atoms with Crippen molar-refractivity contribution in [2.75, 3.05) is 6.54 Å². The Hall–Kier alpha value is -1.84. The van der Waals surface area contributed by atoms with Gasteiger partial charge in [0.2, 0.25) is 0 Å². The summed E-state index contributed by atoms with van der Waals surface area (Å²) in [6.45, 7) is 3.63. The first-order valence-electron chi connectivity index (χ1n) is 7.45.